The molecule has 2 N–H and O–H groups in total. The molecule has 0 aromatic heterocycles. The first-order valence-corrected chi connectivity index (χ1v) is 9.50. The van der Waals surface area contributed by atoms with E-state index in [-0.39, 0.29) is 35.8 Å². The predicted molar refractivity (Wildman–Crippen MR) is 105 cm³/mol. The lowest BCUT2D eigenvalue weighted by Crippen LogP contribution is -2.37. The van der Waals surface area contributed by atoms with E-state index in [1.165, 1.54) is 0 Å². The van der Waals surface area contributed by atoms with Crippen LogP contribution in [-0.4, -0.2) is 29.5 Å². The van der Waals surface area contributed by atoms with Gasteiger partial charge >= 0.3 is 0 Å². The Kier molecular flexibility index (Phi) is 3.29. The van der Waals surface area contributed by atoms with Gasteiger partial charge in [-0.05, 0) is 28.8 Å². The molecule has 2 aliphatic heterocycles. The highest BCUT2D eigenvalue weighted by Crippen LogP contribution is 2.58. The van der Waals surface area contributed by atoms with Crippen molar-refractivity contribution in [3.05, 3.63) is 46.2 Å². The number of allylic oxidation sites excluding steroid dienone is 1. The van der Waals surface area contributed by atoms with Gasteiger partial charge in [0.05, 0.1) is 18.5 Å². The van der Waals surface area contributed by atoms with Crippen LogP contribution in [0.4, 0.5) is 0 Å². The summed E-state index contributed by atoms with van der Waals surface area (Å²) in [7, 11) is 0. The molecule has 0 saturated heterocycles. The van der Waals surface area contributed by atoms with Gasteiger partial charge in [-0.3, -0.25) is 0 Å². The van der Waals surface area contributed by atoms with E-state index in [2.05, 4.69) is 20.8 Å². The second-order valence-corrected chi connectivity index (χ2v) is 9.87. The maximum Gasteiger partial charge on any atom is 0.131 e. The van der Waals surface area contributed by atoms with Gasteiger partial charge in [-0.25, -0.2) is 0 Å². The van der Waals surface area contributed by atoms with Crippen LogP contribution in [0.5, 0.6) is 11.5 Å². The van der Waals surface area contributed by atoms with Gasteiger partial charge in [-0.1, -0.05) is 53.7 Å². The topological polar surface area (TPSA) is 58.9 Å². The maximum absolute atomic E-state index is 11.0. The highest BCUT2D eigenvalue weighted by Gasteiger charge is 2.56. The number of ether oxygens (including phenoxy) is 2. The molecule has 2 heterocycles. The van der Waals surface area contributed by atoms with Crippen molar-refractivity contribution in [2.75, 3.05) is 13.2 Å². The molecular formula is C23H30O4. The average molecular weight is 375 g/mol. The third-order valence-electron chi connectivity index (χ3n) is 5.83. The summed E-state index contributed by atoms with van der Waals surface area (Å²) in [5, 5.41) is 21.9. The van der Waals surface area contributed by atoms with Crippen molar-refractivity contribution in [3.8, 4) is 11.5 Å². The molecular weight excluding hydrogens is 340 g/mol. The van der Waals surface area contributed by atoms with Crippen molar-refractivity contribution >= 4 is 0 Å². The zero-order valence-electron chi connectivity index (χ0n) is 18.9. The first-order valence-electron chi connectivity index (χ1n) is 10.6. The molecule has 4 nitrogen and oxygen atoms in total. The molecule has 27 heavy (non-hydrogen) atoms. The molecule has 0 radical (unpaired) electrons. The summed E-state index contributed by atoms with van der Waals surface area (Å²) in [5.74, 6) is 1.05. The van der Waals surface area contributed by atoms with E-state index in [0.717, 1.165) is 11.1 Å². The Hall–Kier alpha value is -1.94. The molecule has 0 saturated carbocycles. The number of phenols is 1. The standard InChI is InChI=1S/C23H30O4/c1-21(2,3)13-7-9-15(24)17-19(13)26-11-23(17)12-27-20-14(22(4,5)6)8-10-16(25)18(20)23/h7-9,16,24-25H,10-12H2,1-6H3/t16?,23-/m0/s1/i9T,10T/t10?,16?,23-. The van der Waals surface area contributed by atoms with E-state index in [9.17, 15) is 10.2 Å². The lowest BCUT2D eigenvalue weighted by molar-refractivity contribution is 0.165. The van der Waals surface area contributed by atoms with E-state index in [0.29, 0.717) is 22.6 Å². The van der Waals surface area contributed by atoms with Crippen molar-refractivity contribution in [3.63, 3.8) is 0 Å². The second kappa shape index (κ2) is 5.54. The molecule has 3 atom stereocenters. The van der Waals surface area contributed by atoms with Gasteiger partial charge in [0.15, 0.2) is 0 Å². The summed E-state index contributed by atoms with van der Waals surface area (Å²) >= 11 is 0. The lowest BCUT2D eigenvalue weighted by Gasteiger charge is -2.32. The van der Waals surface area contributed by atoms with Crippen molar-refractivity contribution < 1.29 is 22.4 Å². The van der Waals surface area contributed by atoms with Crippen LogP contribution in [0.15, 0.2) is 35.1 Å². The van der Waals surface area contributed by atoms with E-state index in [4.69, 9.17) is 12.2 Å². The van der Waals surface area contributed by atoms with Crippen molar-refractivity contribution in [2.45, 2.75) is 64.9 Å². The Balaban J connectivity index is 2.00. The summed E-state index contributed by atoms with van der Waals surface area (Å²) in [6.07, 6.45) is -0.116. The van der Waals surface area contributed by atoms with E-state index in [1.807, 2.05) is 20.8 Å². The van der Waals surface area contributed by atoms with Crippen LogP contribution in [0.1, 0.15) is 61.8 Å². The Morgan fingerprint density at radius 3 is 2.44 bits per heavy atom. The van der Waals surface area contributed by atoms with Gasteiger partial charge in [0.1, 0.15) is 30.5 Å². The van der Waals surface area contributed by atoms with Crippen LogP contribution in [0.25, 0.3) is 0 Å². The normalized spacial score (nSPS) is 31.0. The number of aliphatic hydroxyl groups is 1. The largest absolute Gasteiger partial charge is 0.507 e. The van der Waals surface area contributed by atoms with Gasteiger partial charge in [-0.15, -0.1) is 0 Å². The molecule has 3 aliphatic rings. The van der Waals surface area contributed by atoms with Crippen molar-refractivity contribution in [1.82, 2.24) is 0 Å². The average Bonchev–Trinajstić information content (AvgIpc) is 3.15. The highest BCUT2D eigenvalue weighted by atomic mass is 16.5. The van der Waals surface area contributed by atoms with Crippen LogP contribution in [0.3, 0.4) is 0 Å². The van der Waals surface area contributed by atoms with Gasteiger partial charge in [0.25, 0.3) is 0 Å². The summed E-state index contributed by atoms with van der Waals surface area (Å²) in [6.45, 7) is 12.7. The molecule has 0 amide bonds. The number of hydrogen-bond donors (Lipinski definition) is 2. The highest BCUT2D eigenvalue weighted by molar-refractivity contribution is 5.64. The molecule has 0 fully saturated rings. The molecule has 1 spiro atoms. The summed E-state index contributed by atoms with van der Waals surface area (Å²) in [4.78, 5) is 0. The monoisotopic (exact) mass is 374 g/mol. The Bertz CT molecular complexity index is 949. The molecule has 1 aromatic rings. The molecule has 2 unspecified atom stereocenters. The van der Waals surface area contributed by atoms with Gasteiger partial charge in [-0.2, -0.15) is 0 Å². The van der Waals surface area contributed by atoms with Crippen molar-refractivity contribution in [1.29, 1.82) is 0 Å². The second-order valence-electron chi connectivity index (χ2n) is 9.87. The number of phenolic OH excluding ortho intramolecular Hbond substituents is 1. The van der Waals surface area contributed by atoms with Crippen molar-refractivity contribution in [2.24, 2.45) is 5.41 Å². The lowest BCUT2D eigenvalue weighted by atomic mass is 9.69. The zero-order valence-corrected chi connectivity index (χ0v) is 16.9. The molecule has 146 valence electrons. The summed E-state index contributed by atoms with van der Waals surface area (Å²) < 4.78 is 29.1. The molecule has 4 heteroatoms. The summed E-state index contributed by atoms with van der Waals surface area (Å²) in [5.41, 5.74) is 1.42. The van der Waals surface area contributed by atoms with Crippen LogP contribution < -0.4 is 4.74 Å². The van der Waals surface area contributed by atoms with Gasteiger partial charge in [0, 0.05) is 12.5 Å². The Labute approximate surface area is 164 Å². The SMILES string of the molecule is [3H]c1cc(C(C)(C)C)c2c(c1O)[C@@]1(COC3=C1C(O)C([3H])C=C3C(C)(C)C)CO2. The number of aromatic hydroxyl groups is 1. The van der Waals surface area contributed by atoms with Gasteiger partial charge < -0.3 is 19.7 Å². The summed E-state index contributed by atoms with van der Waals surface area (Å²) in [6, 6.07) is 1.69. The van der Waals surface area contributed by atoms with Gasteiger partial charge in [0.2, 0.25) is 0 Å². The number of benzene rings is 1. The number of aliphatic hydroxyl groups excluding tert-OH is 1. The fourth-order valence-electron chi connectivity index (χ4n) is 4.42. The van der Waals surface area contributed by atoms with Crippen LogP contribution in [-0.2, 0) is 15.6 Å². The first-order chi connectivity index (χ1) is 13.3. The molecule has 0 bridgehead atoms. The van der Waals surface area contributed by atoms with E-state index in [1.54, 1.807) is 12.1 Å². The Morgan fingerprint density at radius 1 is 1.15 bits per heavy atom. The molecule has 4 rings (SSSR count). The minimum Gasteiger partial charge on any atom is -0.507 e. The number of rotatable bonds is 0. The first kappa shape index (κ1) is 16.1. The van der Waals surface area contributed by atoms with E-state index < -0.39 is 17.9 Å². The zero-order chi connectivity index (χ0) is 21.5. The maximum atomic E-state index is 11.0. The minimum atomic E-state index is -1.06. The quantitative estimate of drug-likeness (QED) is 0.709. The number of fused-ring (bicyclic) bond motifs is 3. The fraction of sp³-hybridized carbons (Fsp3) is 0.565. The Morgan fingerprint density at radius 2 is 1.81 bits per heavy atom. The predicted octanol–water partition coefficient (Wildman–Crippen LogP) is 4.34. The fourth-order valence-corrected chi connectivity index (χ4v) is 4.42. The van der Waals surface area contributed by atoms with E-state index >= 15 is 0 Å². The molecule has 1 aromatic carbocycles. The smallest absolute Gasteiger partial charge is 0.131 e. The molecule has 1 aliphatic carbocycles. The third-order valence-corrected chi connectivity index (χ3v) is 5.83. The van der Waals surface area contributed by atoms with Crippen LogP contribution in [0, 0.1) is 5.41 Å². The van der Waals surface area contributed by atoms with Crippen LogP contribution >= 0.6 is 0 Å². The third kappa shape index (κ3) is 2.53. The van der Waals surface area contributed by atoms with Crippen LogP contribution in [0.2, 0.25) is 0 Å². The minimum absolute atomic E-state index is 0.0342. The number of hydrogen-bond acceptors (Lipinski definition) is 4.